The van der Waals surface area contributed by atoms with E-state index in [1.807, 2.05) is 23.1 Å². The van der Waals surface area contributed by atoms with E-state index in [4.69, 9.17) is 10.8 Å². The lowest BCUT2D eigenvalue weighted by Crippen LogP contribution is -2.20. The number of aromatic amines is 1. The van der Waals surface area contributed by atoms with Crippen LogP contribution in [0.15, 0.2) is 55.1 Å². The number of hydrogen-bond acceptors (Lipinski definition) is 5. The van der Waals surface area contributed by atoms with Gasteiger partial charge in [-0.05, 0) is 42.5 Å². The van der Waals surface area contributed by atoms with Crippen LogP contribution in [0.3, 0.4) is 0 Å². The summed E-state index contributed by atoms with van der Waals surface area (Å²) in [7, 11) is 0. The van der Waals surface area contributed by atoms with Crippen molar-refractivity contribution in [2.45, 2.75) is 25.3 Å². The first-order valence-electron chi connectivity index (χ1n) is 9.77. The minimum absolute atomic E-state index is 0.234. The number of rotatable bonds is 2. The molecule has 0 saturated heterocycles. The molecule has 29 heavy (non-hydrogen) atoms. The Labute approximate surface area is 166 Å². The largest absolute Gasteiger partial charge is 0.383 e. The van der Waals surface area contributed by atoms with E-state index in [9.17, 15) is 0 Å². The molecule has 1 atom stereocenters. The quantitative estimate of drug-likeness (QED) is 0.486. The molecule has 0 saturated carbocycles. The molecule has 1 aromatic carbocycles. The molecule has 6 rings (SSSR count). The number of nitrogens with one attached hydrogen (secondary N) is 1. The Bertz CT molecular complexity index is 1360. The van der Waals surface area contributed by atoms with Crippen LogP contribution in [0.5, 0.6) is 0 Å². The van der Waals surface area contributed by atoms with Gasteiger partial charge in [0.15, 0.2) is 5.65 Å². The van der Waals surface area contributed by atoms with Crippen molar-refractivity contribution in [3.63, 3.8) is 0 Å². The van der Waals surface area contributed by atoms with Crippen LogP contribution in [0.1, 0.15) is 23.6 Å². The zero-order valence-electron chi connectivity index (χ0n) is 15.7. The monoisotopic (exact) mass is 381 g/mol. The van der Waals surface area contributed by atoms with Gasteiger partial charge in [0.25, 0.3) is 0 Å². The SMILES string of the molecule is Nc1ncnc2c1c(-c1cnc3cc[nH]c3c1)nn2C1CCc2ccccc2C1. The van der Waals surface area contributed by atoms with E-state index in [1.54, 1.807) is 0 Å². The molecule has 4 heterocycles. The predicted molar refractivity (Wildman–Crippen MR) is 112 cm³/mol. The fourth-order valence-electron chi connectivity index (χ4n) is 4.40. The summed E-state index contributed by atoms with van der Waals surface area (Å²) in [5.41, 5.74) is 13.4. The van der Waals surface area contributed by atoms with E-state index in [2.05, 4.69) is 50.3 Å². The smallest absolute Gasteiger partial charge is 0.164 e. The van der Waals surface area contributed by atoms with Crippen molar-refractivity contribution >= 4 is 27.9 Å². The van der Waals surface area contributed by atoms with Crippen LogP contribution in [-0.2, 0) is 12.8 Å². The molecule has 1 unspecified atom stereocenters. The number of anilines is 1. The Morgan fingerprint density at radius 2 is 1.97 bits per heavy atom. The maximum Gasteiger partial charge on any atom is 0.164 e. The third-order valence-corrected chi connectivity index (χ3v) is 5.86. The third kappa shape index (κ3) is 2.51. The highest BCUT2D eigenvalue weighted by Crippen LogP contribution is 2.36. The second-order valence-electron chi connectivity index (χ2n) is 7.55. The number of nitrogen functional groups attached to an aromatic ring is 1. The summed E-state index contributed by atoms with van der Waals surface area (Å²) in [4.78, 5) is 16.5. The van der Waals surface area contributed by atoms with Gasteiger partial charge in [-0.1, -0.05) is 24.3 Å². The first-order chi connectivity index (χ1) is 14.3. The van der Waals surface area contributed by atoms with E-state index in [-0.39, 0.29) is 6.04 Å². The Morgan fingerprint density at radius 3 is 2.90 bits per heavy atom. The number of pyridine rings is 1. The summed E-state index contributed by atoms with van der Waals surface area (Å²) in [6.07, 6.45) is 8.23. The van der Waals surface area contributed by atoms with Gasteiger partial charge in [0.2, 0.25) is 0 Å². The first-order valence-corrected chi connectivity index (χ1v) is 9.77. The molecule has 0 fully saturated rings. The van der Waals surface area contributed by atoms with E-state index < -0.39 is 0 Å². The zero-order chi connectivity index (χ0) is 19.4. The fourth-order valence-corrected chi connectivity index (χ4v) is 4.40. The van der Waals surface area contributed by atoms with Crippen molar-refractivity contribution in [1.82, 2.24) is 29.7 Å². The van der Waals surface area contributed by atoms with Crippen LogP contribution in [0.2, 0.25) is 0 Å². The van der Waals surface area contributed by atoms with Gasteiger partial charge >= 0.3 is 0 Å². The summed E-state index contributed by atoms with van der Waals surface area (Å²) in [6, 6.07) is 12.9. The molecule has 0 bridgehead atoms. The molecular weight excluding hydrogens is 362 g/mol. The number of nitrogens with two attached hydrogens (primary N) is 1. The number of H-pyrrole nitrogens is 1. The second-order valence-corrected chi connectivity index (χ2v) is 7.55. The maximum absolute atomic E-state index is 6.27. The van der Waals surface area contributed by atoms with Crippen LogP contribution < -0.4 is 5.73 Å². The standard InChI is InChI=1S/C22H19N7/c23-21-19-20(15-10-18-17(25-11-15)7-8-24-18)28-29(22(19)27-12-26-21)16-6-5-13-3-1-2-4-14(13)9-16/h1-4,7-8,10-12,16,24H,5-6,9H2,(H2,23,26,27). The first kappa shape index (κ1) is 16.2. The van der Waals surface area contributed by atoms with Crippen molar-refractivity contribution in [1.29, 1.82) is 0 Å². The highest BCUT2D eigenvalue weighted by molar-refractivity contribution is 5.99. The second kappa shape index (κ2) is 6.13. The van der Waals surface area contributed by atoms with Crippen molar-refractivity contribution < 1.29 is 0 Å². The molecular formula is C22H19N7. The molecule has 7 heteroatoms. The Balaban J connectivity index is 1.53. The Kier molecular flexibility index (Phi) is 3.43. The van der Waals surface area contributed by atoms with Gasteiger partial charge in [0.1, 0.15) is 17.8 Å². The Hall–Kier alpha value is -3.74. The van der Waals surface area contributed by atoms with E-state index in [0.29, 0.717) is 5.82 Å². The van der Waals surface area contributed by atoms with Gasteiger partial charge < -0.3 is 10.7 Å². The van der Waals surface area contributed by atoms with Crippen molar-refractivity contribution in [2.75, 3.05) is 5.73 Å². The summed E-state index contributed by atoms with van der Waals surface area (Å²) in [6.45, 7) is 0. The van der Waals surface area contributed by atoms with Crippen molar-refractivity contribution in [2.24, 2.45) is 0 Å². The summed E-state index contributed by atoms with van der Waals surface area (Å²) < 4.78 is 2.04. The van der Waals surface area contributed by atoms with Crippen LogP contribution in [0, 0.1) is 0 Å². The molecule has 1 aliphatic rings. The molecule has 142 valence electrons. The lowest BCUT2D eigenvalue weighted by Gasteiger charge is -2.25. The minimum atomic E-state index is 0.234. The van der Waals surface area contributed by atoms with Gasteiger partial charge in [-0.3, -0.25) is 4.98 Å². The highest BCUT2D eigenvalue weighted by Gasteiger charge is 2.25. The predicted octanol–water partition coefficient (Wildman–Crippen LogP) is 3.68. The number of fused-ring (bicyclic) bond motifs is 3. The molecule has 4 aromatic heterocycles. The average Bonchev–Trinajstić information content (AvgIpc) is 3.38. The average molecular weight is 381 g/mol. The number of hydrogen-bond donors (Lipinski definition) is 2. The van der Waals surface area contributed by atoms with Crippen LogP contribution >= 0.6 is 0 Å². The van der Waals surface area contributed by atoms with Gasteiger partial charge in [-0.15, -0.1) is 0 Å². The molecule has 1 aliphatic carbocycles. The number of benzene rings is 1. The van der Waals surface area contributed by atoms with Gasteiger partial charge in [-0.25, -0.2) is 14.6 Å². The van der Waals surface area contributed by atoms with Gasteiger partial charge in [0.05, 0.1) is 22.5 Å². The number of aromatic nitrogens is 6. The van der Waals surface area contributed by atoms with Crippen LogP contribution in [0.25, 0.3) is 33.3 Å². The fraction of sp³-hybridized carbons (Fsp3) is 0.182. The lowest BCUT2D eigenvalue weighted by atomic mass is 9.88. The van der Waals surface area contributed by atoms with Gasteiger partial charge in [0, 0.05) is 18.0 Å². The van der Waals surface area contributed by atoms with Crippen LogP contribution in [-0.4, -0.2) is 29.7 Å². The molecule has 0 aliphatic heterocycles. The molecule has 3 N–H and O–H groups in total. The van der Waals surface area contributed by atoms with E-state index in [0.717, 1.165) is 52.6 Å². The minimum Gasteiger partial charge on any atom is -0.383 e. The number of nitrogens with zero attached hydrogens (tertiary/aromatic N) is 5. The Morgan fingerprint density at radius 1 is 1.07 bits per heavy atom. The topological polar surface area (TPSA) is 98.3 Å². The van der Waals surface area contributed by atoms with Crippen molar-refractivity contribution in [3.05, 3.63) is 66.2 Å². The molecule has 7 nitrogen and oxygen atoms in total. The summed E-state index contributed by atoms with van der Waals surface area (Å²) >= 11 is 0. The molecule has 0 amide bonds. The molecule has 5 aromatic rings. The highest BCUT2D eigenvalue weighted by atomic mass is 15.3. The number of aryl methyl sites for hydroxylation is 1. The van der Waals surface area contributed by atoms with E-state index >= 15 is 0 Å². The van der Waals surface area contributed by atoms with Gasteiger partial charge in [-0.2, -0.15) is 5.10 Å². The van der Waals surface area contributed by atoms with E-state index in [1.165, 1.54) is 17.5 Å². The zero-order valence-corrected chi connectivity index (χ0v) is 15.7. The summed E-state index contributed by atoms with van der Waals surface area (Å²) in [5, 5.41) is 5.78. The maximum atomic E-state index is 6.27. The normalized spacial score (nSPS) is 16.3. The molecule has 0 spiro atoms. The third-order valence-electron chi connectivity index (χ3n) is 5.86. The summed E-state index contributed by atoms with van der Waals surface area (Å²) in [5.74, 6) is 0.444. The molecule has 0 radical (unpaired) electrons. The lowest BCUT2D eigenvalue weighted by molar-refractivity contribution is 0.415. The van der Waals surface area contributed by atoms with Crippen molar-refractivity contribution in [3.8, 4) is 11.3 Å². The van der Waals surface area contributed by atoms with Crippen LogP contribution in [0.4, 0.5) is 5.82 Å².